The van der Waals surface area contributed by atoms with Gasteiger partial charge in [0.2, 0.25) is 0 Å². The van der Waals surface area contributed by atoms with Crippen molar-refractivity contribution in [2.45, 2.75) is 13.8 Å². The molecular weight excluding hydrogens is 302 g/mol. The average molecular weight is 319 g/mol. The van der Waals surface area contributed by atoms with E-state index in [1.54, 1.807) is 23.5 Å². The van der Waals surface area contributed by atoms with E-state index in [1.807, 2.05) is 19.9 Å². The lowest BCUT2D eigenvalue weighted by molar-refractivity contribution is 0.0696. The molecule has 0 radical (unpaired) electrons. The normalized spacial score (nSPS) is 10.3. The van der Waals surface area contributed by atoms with Crippen LogP contribution in [0.15, 0.2) is 30.3 Å². The second-order valence-electron chi connectivity index (χ2n) is 4.76. The molecule has 1 aromatic heterocycles. The van der Waals surface area contributed by atoms with Crippen LogP contribution in [0.25, 0.3) is 0 Å². The van der Waals surface area contributed by atoms with Crippen LogP contribution >= 0.6 is 11.3 Å². The van der Waals surface area contributed by atoms with Crippen molar-refractivity contribution in [3.63, 3.8) is 0 Å². The molecule has 2 aromatic rings. The largest absolute Gasteiger partial charge is 0.492 e. The summed E-state index contributed by atoms with van der Waals surface area (Å²) in [7, 11) is 0. The van der Waals surface area contributed by atoms with Crippen molar-refractivity contribution in [2.75, 3.05) is 13.2 Å². The van der Waals surface area contributed by atoms with E-state index >= 15 is 0 Å². The zero-order valence-electron chi connectivity index (χ0n) is 12.4. The molecule has 0 unspecified atom stereocenters. The van der Waals surface area contributed by atoms with E-state index in [-0.39, 0.29) is 11.5 Å². The first kappa shape index (κ1) is 16.0. The molecule has 2 N–H and O–H groups in total. The van der Waals surface area contributed by atoms with Gasteiger partial charge in [0.25, 0.3) is 5.91 Å². The van der Waals surface area contributed by atoms with Crippen LogP contribution in [0.4, 0.5) is 0 Å². The van der Waals surface area contributed by atoms with Crippen molar-refractivity contribution in [3.05, 3.63) is 51.2 Å². The Morgan fingerprint density at radius 1 is 1.23 bits per heavy atom. The lowest BCUT2D eigenvalue weighted by atomic mass is 10.2. The number of aromatic carboxylic acids is 1. The summed E-state index contributed by atoms with van der Waals surface area (Å²) in [6, 6.07) is 8.03. The SMILES string of the molecule is Cc1cc(C(=O)NCCOc2ccc(C(=O)O)cc2)c(C)s1. The predicted octanol–water partition coefficient (Wildman–Crippen LogP) is 2.87. The Morgan fingerprint density at radius 2 is 1.91 bits per heavy atom. The summed E-state index contributed by atoms with van der Waals surface area (Å²) in [5.41, 5.74) is 0.914. The predicted molar refractivity (Wildman–Crippen MR) is 85.0 cm³/mol. The van der Waals surface area contributed by atoms with Gasteiger partial charge in [0.15, 0.2) is 0 Å². The third-order valence-electron chi connectivity index (χ3n) is 3.04. The number of benzene rings is 1. The monoisotopic (exact) mass is 319 g/mol. The molecule has 0 atom stereocenters. The standard InChI is InChI=1S/C16H17NO4S/c1-10-9-14(11(2)22-10)15(18)17-7-8-21-13-5-3-12(4-6-13)16(19)20/h3-6,9H,7-8H2,1-2H3,(H,17,18)(H,19,20). The lowest BCUT2D eigenvalue weighted by Gasteiger charge is -2.08. The fraction of sp³-hybridized carbons (Fsp3) is 0.250. The zero-order chi connectivity index (χ0) is 16.1. The highest BCUT2D eigenvalue weighted by Gasteiger charge is 2.11. The number of carbonyl (C=O) groups is 2. The van der Waals surface area contributed by atoms with E-state index in [2.05, 4.69) is 5.32 Å². The number of rotatable bonds is 6. The minimum absolute atomic E-state index is 0.105. The molecular formula is C16H17NO4S. The summed E-state index contributed by atoms with van der Waals surface area (Å²) in [6.45, 7) is 4.60. The Balaban J connectivity index is 1.78. The van der Waals surface area contributed by atoms with Crippen LogP contribution in [0.5, 0.6) is 5.75 Å². The van der Waals surface area contributed by atoms with Gasteiger partial charge in [-0.2, -0.15) is 0 Å². The van der Waals surface area contributed by atoms with Crippen LogP contribution in [-0.2, 0) is 0 Å². The molecule has 5 nitrogen and oxygen atoms in total. The summed E-state index contributed by atoms with van der Waals surface area (Å²) >= 11 is 1.60. The first-order chi connectivity index (χ1) is 10.5. The van der Waals surface area contributed by atoms with Crippen LogP contribution in [0.2, 0.25) is 0 Å². The van der Waals surface area contributed by atoms with Crippen LogP contribution in [0.3, 0.4) is 0 Å². The van der Waals surface area contributed by atoms with Crippen LogP contribution < -0.4 is 10.1 Å². The van der Waals surface area contributed by atoms with Gasteiger partial charge in [-0.05, 0) is 44.2 Å². The molecule has 116 valence electrons. The van der Waals surface area contributed by atoms with Gasteiger partial charge in [0.05, 0.1) is 17.7 Å². The minimum atomic E-state index is -0.972. The Labute approximate surface area is 132 Å². The second-order valence-corrected chi connectivity index (χ2v) is 6.22. The number of nitrogens with one attached hydrogen (secondary N) is 1. The maximum Gasteiger partial charge on any atom is 0.335 e. The number of hydrogen-bond donors (Lipinski definition) is 2. The van der Waals surface area contributed by atoms with Crippen molar-refractivity contribution >= 4 is 23.2 Å². The maximum atomic E-state index is 12.0. The van der Waals surface area contributed by atoms with E-state index in [4.69, 9.17) is 9.84 Å². The van der Waals surface area contributed by atoms with E-state index in [0.29, 0.717) is 24.5 Å². The molecule has 0 saturated heterocycles. The first-order valence-electron chi connectivity index (χ1n) is 6.79. The molecule has 22 heavy (non-hydrogen) atoms. The third-order valence-corrected chi connectivity index (χ3v) is 4.01. The Bertz CT molecular complexity index is 676. The van der Waals surface area contributed by atoms with Crippen molar-refractivity contribution in [1.82, 2.24) is 5.32 Å². The molecule has 0 aliphatic rings. The Kier molecular flexibility index (Phi) is 5.16. The highest BCUT2D eigenvalue weighted by Crippen LogP contribution is 2.20. The van der Waals surface area contributed by atoms with E-state index in [0.717, 1.165) is 9.75 Å². The van der Waals surface area contributed by atoms with Gasteiger partial charge in [-0.25, -0.2) is 4.79 Å². The molecule has 0 aliphatic heterocycles. The molecule has 0 spiro atoms. The molecule has 0 fully saturated rings. The Morgan fingerprint density at radius 3 is 2.45 bits per heavy atom. The number of aryl methyl sites for hydroxylation is 2. The molecule has 1 aromatic carbocycles. The second kappa shape index (κ2) is 7.09. The fourth-order valence-electron chi connectivity index (χ4n) is 1.98. The van der Waals surface area contributed by atoms with Gasteiger partial charge in [-0.15, -0.1) is 11.3 Å². The van der Waals surface area contributed by atoms with Crippen molar-refractivity contribution in [2.24, 2.45) is 0 Å². The average Bonchev–Trinajstić information content (AvgIpc) is 2.82. The van der Waals surface area contributed by atoms with Gasteiger partial charge < -0.3 is 15.2 Å². The summed E-state index contributed by atoms with van der Waals surface area (Å²) in [5, 5.41) is 11.6. The minimum Gasteiger partial charge on any atom is -0.492 e. The fourth-order valence-corrected chi connectivity index (χ4v) is 2.90. The van der Waals surface area contributed by atoms with Gasteiger partial charge in [0.1, 0.15) is 12.4 Å². The molecule has 2 rings (SSSR count). The van der Waals surface area contributed by atoms with Gasteiger partial charge >= 0.3 is 5.97 Å². The highest BCUT2D eigenvalue weighted by atomic mass is 32.1. The number of thiophene rings is 1. The summed E-state index contributed by atoms with van der Waals surface area (Å²) in [4.78, 5) is 24.8. The van der Waals surface area contributed by atoms with Crippen LogP contribution in [0, 0.1) is 13.8 Å². The number of carbonyl (C=O) groups excluding carboxylic acids is 1. The molecule has 0 bridgehead atoms. The summed E-state index contributed by atoms with van der Waals surface area (Å²) in [5.74, 6) is -0.506. The number of hydrogen-bond acceptors (Lipinski definition) is 4. The number of amides is 1. The number of carboxylic acids is 1. The molecule has 0 saturated carbocycles. The Hall–Kier alpha value is -2.34. The number of carboxylic acid groups (broad SMARTS) is 1. The van der Waals surface area contributed by atoms with Crippen LogP contribution in [-0.4, -0.2) is 30.1 Å². The lowest BCUT2D eigenvalue weighted by Crippen LogP contribution is -2.28. The smallest absolute Gasteiger partial charge is 0.335 e. The van der Waals surface area contributed by atoms with Crippen LogP contribution in [0.1, 0.15) is 30.5 Å². The van der Waals surface area contributed by atoms with Gasteiger partial charge in [-0.3, -0.25) is 4.79 Å². The van der Waals surface area contributed by atoms with Crippen molar-refractivity contribution in [1.29, 1.82) is 0 Å². The molecule has 0 aliphatic carbocycles. The zero-order valence-corrected chi connectivity index (χ0v) is 13.2. The highest BCUT2D eigenvalue weighted by molar-refractivity contribution is 7.12. The topological polar surface area (TPSA) is 75.6 Å². The van der Waals surface area contributed by atoms with E-state index < -0.39 is 5.97 Å². The van der Waals surface area contributed by atoms with Gasteiger partial charge in [-0.1, -0.05) is 0 Å². The van der Waals surface area contributed by atoms with E-state index in [9.17, 15) is 9.59 Å². The van der Waals surface area contributed by atoms with E-state index in [1.165, 1.54) is 12.1 Å². The quantitative estimate of drug-likeness (QED) is 0.803. The maximum absolute atomic E-state index is 12.0. The summed E-state index contributed by atoms with van der Waals surface area (Å²) < 4.78 is 5.46. The van der Waals surface area contributed by atoms with Gasteiger partial charge in [0, 0.05) is 9.75 Å². The first-order valence-corrected chi connectivity index (χ1v) is 7.60. The summed E-state index contributed by atoms with van der Waals surface area (Å²) in [6.07, 6.45) is 0. The van der Waals surface area contributed by atoms with Crippen molar-refractivity contribution < 1.29 is 19.4 Å². The molecule has 6 heteroatoms. The third kappa shape index (κ3) is 4.08. The number of ether oxygens (including phenoxy) is 1. The molecule has 1 heterocycles. The molecule has 1 amide bonds. The van der Waals surface area contributed by atoms with Crippen molar-refractivity contribution in [3.8, 4) is 5.75 Å².